The van der Waals surface area contributed by atoms with Gasteiger partial charge in [0, 0.05) is 6.54 Å². The summed E-state index contributed by atoms with van der Waals surface area (Å²) in [6.07, 6.45) is 2.61. The molecule has 0 fully saturated rings. The van der Waals surface area contributed by atoms with Gasteiger partial charge in [-0.25, -0.2) is 4.68 Å². The topological polar surface area (TPSA) is 66.2 Å². The first kappa shape index (κ1) is 11.6. The third-order valence-electron chi connectivity index (χ3n) is 2.49. The summed E-state index contributed by atoms with van der Waals surface area (Å²) in [6, 6.07) is 3.69. The van der Waals surface area contributed by atoms with Crippen molar-refractivity contribution in [2.75, 3.05) is 5.73 Å². The average Bonchev–Trinajstić information content (AvgIpc) is 2.89. The second-order valence-corrected chi connectivity index (χ2v) is 3.90. The van der Waals surface area contributed by atoms with Crippen molar-refractivity contribution in [3.8, 4) is 5.88 Å². The van der Waals surface area contributed by atoms with Gasteiger partial charge in [-0.1, -0.05) is 6.92 Å². The number of hydrogen-bond acceptors (Lipinski definition) is 4. The van der Waals surface area contributed by atoms with Gasteiger partial charge in [0.05, 0.1) is 12.0 Å². The van der Waals surface area contributed by atoms with Gasteiger partial charge >= 0.3 is 0 Å². The van der Waals surface area contributed by atoms with Gasteiger partial charge in [0.1, 0.15) is 18.1 Å². The van der Waals surface area contributed by atoms with Crippen LogP contribution in [0, 0.1) is 6.92 Å². The Labute approximate surface area is 100 Å². The molecule has 92 valence electrons. The molecule has 0 aromatic carbocycles. The van der Waals surface area contributed by atoms with E-state index in [-0.39, 0.29) is 0 Å². The van der Waals surface area contributed by atoms with Crippen LogP contribution in [-0.2, 0) is 13.2 Å². The molecule has 0 amide bonds. The lowest BCUT2D eigenvalue weighted by Crippen LogP contribution is -2.05. The molecule has 2 aromatic heterocycles. The van der Waals surface area contributed by atoms with E-state index in [1.807, 2.05) is 19.1 Å². The summed E-state index contributed by atoms with van der Waals surface area (Å²) in [4.78, 5) is 0. The SMILES string of the molecule is CCCn1nc(C)c(N)c1OCc1ccco1. The zero-order chi connectivity index (χ0) is 12.3. The molecule has 0 aliphatic carbocycles. The van der Waals surface area contributed by atoms with E-state index in [0.717, 1.165) is 24.4 Å². The maximum absolute atomic E-state index is 5.93. The molecule has 2 rings (SSSR count). The van der Waals surface area contributed by atoms with Gasteiger partial charge < -0.3 is 14.9 Å². The number of aromatic nitrogens is 2. The number of nitrogen functional groups attached to an aromatic ring is 1. The molecular weight excluding hydrogens is 218 g/mol. The van der Waals surface area contributed by atoms with Crippen molar-refractivity contribution in [2.45, 2.75) is 33.4 Å². The first-order valence-electron chi connectivity index (χ1n) is 5.70. The van der Waals surface area contributed by atoms with E-state index in [9.17, 15) is 0 Å². The van der Waals surface area contributed by atoms with Crippen LogP contribution in [0.5, 0.6) is 5.88 Å². The lowest BCUT2D eigenvalue weighted by Gasteiger charge is -2.07. The molecule has 0 spiro atoms. The molecule has 0 unspecified atom stereocenters. The summed E-state index contributed by atoms with van der Waals surface area (Å²) in [5.74, 6) is 1.40. The van der Waals surface area contributed by atoms with E-state index in [1.165, 1.54) is 0 Å². The molecule has 17 heavy (non-hydrogen) atoms. The van der Waals surface area contributed by atoms with Crippen molar-refractivity contribution in [3.05, 3.63) is 29.9 Å². The van der Waals surface area contributed by atoms with Crippen LogP contribution in [0.4, 0.5) is 5.69 Å². The van der Waals surface area contributed by atoms with Gasteiger partial charge in [-0.3, -0.25) is 0 Å². The highest BCUT2D eigenvalue weighted by atomic mass is 16.5. The quantitative estimate of drug-likeness (QED) is 0.863. The predicted molar refractivity (Wildman–Crippen MR) is 64.7 cm³/mol. The Hall–Kier alpha value is -1.91. The number of ether oxygens (including phenoxy) is 1. The number of anilines is 1. The Morgan fingerprint density at radius 3 is 3.00 bits per heavy atom. The van der Waals surface area contributed by atoms with Crippen LogP contribution in [0.1, 0.15) is 24.8 Å². The van der Waals surface area contributed by atoms with E-state index in [1.54, 1.807) is 10.9 Å². The third kappa shape index (κ3) is 2.43. The van der Waals surface area contributed by atoms with Crippen LogP contribution in [0.2, 0.25) is 0 Å². The van der Waals surface area contributed by atoms with Gasteiger partial charge in [-0.05, 0) is 25.5 Å². The lowest BCUT2D eigenvalue weighted by molar-refractivity contribution is 0.245. The van der Waals surface area contributed by atoms with Crippen molar-refractivity contribution in [1.82, 2.24) is 9.78 Å². The minimum atomic E-state index is 0.367. The number of nitrogens with two attached hydrogens (primary N) is 1. The fourth-order valence-electron chi connectivity index (χ4n) is 1.62. The Bertz CT molecular complexity index is 474. The maximum atomic E-state index is 5.93. The van der Waals surface area contributed by atoms with Crippen molar-refractivity contribution >= 4 is 5.69 Å². The number of hydrogen-bond donors (Lipinski definition) is 1. The normalized spacial score (nSPS) is 10.7. The van der Waals surface area contributed by atoms with Crippen LogP contribution in [-0.4, -0.2) is 9.78 Å². The van der Waals surface area contributed by atoms with Crippen molar-refractivity contribution in [2.24, 2.45) is 0 Å². The Kier molecular flexibility index (Phi) is 3.37. The van der Waals surface area contributed by atoms with E-state index >= 15 is 0 Å². The van der Waals surface area contributed by atoms with Gasteiger partial charge in [0.2, 0.25) is 5.88 Å². The maximum Gasteiger partial charge on any atom is 0.236 e. The first-order chi connectivity index (χ1) is 8.22. The summed E-state index contributed by atoms with van der Waals surface area (Å²) in [6.45, 7) is 5.13. The predicted octanol–water partition coefficient (Wildman–Crippen LogP) is 2.36. The number of rotatable bonds is 5. The molecule has 0 radical (unpaired) electrons. The van der Waals surface area contributed by atoms with E-state index in [2.05, 4.69) is 12.0 Å². The molecular formula is C12H17N3O2. The summed E-state index contributed by atoms with van der Waals surface area (Å²) >= 11 is 0. The molecule has 0 aliphatic heterocycles. The van der Waals surface area contributed by atoms with Crippen LogP contribution in [0.25, 0.3) is 0 Å². The highest BCUT2D eigenvalue weighted by Gasteiger charge is 2.13. The summed E-state index contributed by atoms with van der Waals surface area (Å²) in [5, 5.41) is 4.34. The molecule has 0 aliphatic rings. The number of aryl methyl sites for hydroxylation is 2. The summed E-state index contributed by atoms with van der Waals surface area (Å²) < 4.78 is 12.7. The molecule has 2 aromatic rings. The van der Waals surface area contributed by atoms with Crippen LogP contribution in [0.15, 0.2) is 22.8 Å². The van der Waals surface area contributed by atoms with Crippen molar-refractivity contribution in [1.29, 1.82) is 0 Å². The average molecular weight is 235 g/mol. The molecule has 0 atom stereocenters. The molecule has 5 heteroatoms. The third-order valence-corrected chi connectivity index (χ3v) is 2.49. The first-order valence-corrected chi connectivity index (χ1v) is 5.70. The molecule has 5 nitrogen and oxygen atoms in total. The Morgan fingerprint density at radius 1 is 1.53 bits per heavy atom. The molecule has 2 N–H and O–H groups in total. The second-order valence-electron chi connectivity index (χ2n) is 3.90. The minimum absolute atomic E-state index is 0.367. The molecule has 0 bridgehead atoms. The van der Waals surface area contributed by atoms with Gasteiger partial charge in [-0.2, -0.15) is 5.10 Å². The van der Waals surface area contributed by atoms with Crippen LogP contribution < -0.4 is 10.5 Å². The van der Waals surface area contributed by atoms with E-state index in [4.69, 9.17) is 14.9 Å². The fraction of sp³-hybridized carbons (Fsp3) is 0.417. The number of furan rings is 1. The lowest BCUT2D eigenvalue weighted by atomic mass is 10.4. The molecule has 2 heterocycles. The van der Waals surface area contributed by atoms with E-state index < -0.39 is 0 Å². The standard InChI is InChI=1S/C12H17N3O2/c1-3-6-15-12(11(13)9(2)14-15)17-8-10-5-4-7-16-10/h4-5,7H,3,6,8,13H2,1-2H3. The second kappa shape index (κ2) is 4.95. The minimum Gasteiger partial charge on any atom is -0.468 e. The van der Waals surface area contributed by atoms with Crippen molar-refractivity contribution < 1.29 is 9.15 Å². The molecule has 0 saturated carbocycles. The summed E-state index contributed by atoms with van der Waals surface area (Å²) in [7, 11) is 0. The smallest absolute Gasteiger partial charge is 0.236 e. The Morgan fingerprint density at radius 2 is 2.35 bits per heavy atom. The highest BCUT2D eigenvalue weighted by Crippen LogP contribution is 2.26. The van der Waals surface area contributed by atoms with Gasteiger partial charge in [0.15, 0.2) is 0 Å². The fourth-order valence-corrected chi connectivity index (χ4v) is 1.62. The monoisotopic (exact) mass is 235 g/mol. The molecule has 0 saturated heterocycles. The van der Waals surface area contributed by atoms with Crippen molar-refractivity contribution in [3.63, 3.8) is 0 Å². The van der Waals surface area contributed by atoms with Gasteiger partial charge in [0.25, 0.3) is 0 Å². The largest absolute Gasteiger partial charge is 0.468 e. The van der Waals surface area contributed by atoms with Gasteiger partial charge in [-0.15, -0.1) is 0 Å². The highest BCUT2D eigenvalue weighted by molar-refractivity contribution is 5.52. The zero-order valence-corrected chi connectivity index (χ0v) is 10.1. The zero-order valence-electron chi connectivity index (χ0n) is 10.1. The summed E-state index contributed by atoms with van der Waals surface area (Å²) in [5.41, 5.74) is 7.34. The Balaban J connectivity index is 2.13. The van der Waals surface area contributed by atoms with Crippen LogP contribution >= 0.6 is 0 Å². The van der Waals surface area contributed by atoms with Crippen LogP contribution in [0.3, 0.4) is 0 Å². The number of nitrogens with zero attached hydrogens (tertiary/aromatic N) is 2. The van der Waals surface area contributed by atoms with E-state index in [0.29, 0.717) is 18.2 Å².